The maximum Gasteiger partial charge on any atom is 0.262 e. The molecule has 1 heterocycles. The molecule has 0 saturated carbocycles. The number of carbonyl (C=O) groups excluding carboxylic acids is 1. The molecule has 15 heavy (non-hydrogen) atoms. The fraction of sp³-hybridized carbons (Fsp3) is 0.100. The first-order chi connectivity index (χ1) is 7.11. The Labute approximate surface area is 104 Å². The number of rotatable bonds is 2. The Hall–Kier alpha value is -0.580. The van der Waals surface area contributed by atoms with E-state index >= 15 is 0 Å². The second-order valence-electron chi connectivity index (χ2n) is 2.91. The smallest absolute Gasteiger partial charge is 0.262 e. The highest BCUT2D eigenvalue weighted by Crippen LogP contribution is 2.35. The first-order valence-corrected chi connectivity index (χ1v) is 6.07. The summed E-state index contributed by atoms with van der Waals surface area (Å²) in [4.78, 5) is 11.5. The third kappa shape index (κ3) is 2.02. The van der Waals surface area contributed by atoms with Crippen LogP contribution in [0.15, 0.2) is 22.7 Å². The second kappa shape index (κ2) is 4.12. The van der Waals surface area contributed by atoms with E-state index in [-0.39, 0.29) is 0 Å². The Morgan fingerprint density at radius 2 is 2.20 bits per heavy atom. The van der Waals surface area contributed by atoms with Crippen molar-refractivity contribution >= 4 is 54.2 Å². The molecule has 0 N–H and O–H groups in total. The summed E-state index contributed by atoms with van der Waals surface area (Å²) in [7, 11) is 1.60. The molecular weight excluding hydrogens is 300 g/mol. The summed E-state index contributed by atoms with van der Waals surface area (Å²) in [5, 5.41) is 0.537. The number of hydrogen-bond donors (Lipinski definition) is 0. The minimum atomic E-state index is -0.425. The minimum absolute atomic E-state index is 0.425. The summed E-state index contributed by atoms with van der Waals surface area (Å²) in [5.74, 6) is 0.744. The molecule has 0 bridgehead atoms. The predicted octanol–water partition coefficient (Wildman–Crippen LogP) is 4.05. The SMILES string of the molecule is COc1cc2cc(C(=O)Cl)sc2cc1Br. The summed E-state index contributed by atoms with van der Waals surface area (Å²) in [6.45, 7) is 0. The van der Waals surface area contributed by atoms with Gasteiger partial charge in [0.05, 0.1) is 16.5 Å². The number of fused-ring (bicyclic) bond motifs is 1. The highest BCUT2D eigenvalue weighted by atomic mass is 79.9. The van der Waals surface area contributed by atoms with Gasteiger partial charge in [-0.05, 0) is 51.1 Å². The molecule has 0 unspecified atom stereocenters. The lowest BCUT2D eigenvalue weighted by Gasteiger charge is -2.01. The van der Waals surface area contributed by atoms with Gasteiger partial charge < -0.3 is 4.74 Å². The lowest BCUT2D eigenvalue weighted by Crippen LogP contribution is -1.82. The fourth-order valence-electron chi connectivity index (χ4n) is 1.29. The zero-order chi connectivity index (χ0) is 11.0. The molecule has 2 aromatic rings. The Kier molecular flexibility index (Phi) is 3.00. The molecule has 0 aliphatic heterocycles. The maximum absolute atomic E-state index is 11.0. The first kappa shape index (κ1) is 10.9. The van der Waals surface area contributed by atoms with E-state index in [0.717, 1.165) is 20.3 Å². The number of methoxy groups -OCH3 is 1. The maximum atomic E-state index is 11.0. The van der Waals surface area contributed by atoms with Crippen molar-refractivity contribution in [3.63, 3.8) is 0 Å². The molecule has 0 atom stereocenters. The van der Waals surface area contributed by atoms with Crippen LogP contribution >= 0.6 is 38.9 Å². The van der Waals surface area contributed by atoms with Crippen molar-refractivity contribution in [2.45, 2.75) is 0 Å². The molecule has 0 fully saturated rings. The molecule has 0 aliphatic rings. The largest absolute Gasteiger partial charge is 0.496 e. The van der Waals surface area contributed by atoms with Gasteiger partial charge in [0.1, 0.15) is 5.75 Å². The normalized spacial score (nSPS) is 10.6. The molecule has 0 radical (unpaired) electrons. The van der Waals surface area contributed by atoms with Gasteiger partial charge in [-0.3, -0.25) is 4.79 Å². The minimum Gasteiger partial charge on any atom is -0.496 e. The third-order valence-electron chi connectivity index (χ3n) is 1.98. The van der Waals surface area contributed by atoms with Crippen molar-refractivity contribution in [1.82, 2.24) is 0 Å². The van der Waals surface area contributed by atoms with Gasteiger partial charge in [-0.25, -0.2) is 0 Å². The average Bonchev–Trinajstić information content (AvgIpc) is 2.59. The van der Waals surface area contributed by atoms with Crippen LogP contribution in [-0.4, -0.2) is 12.4 Å². The topological polar surface area (TPSA) is 26.3 Å². The number of thiophene rings is 1. The standard InChI is InChI=1S/C10H6BrClO2S/c1-14-7-2-5-3-9(10(12)13)15-8(5)4-6(7)11/h2-4H,1H3. The molecule has 2 nitrogen and oxygen atoms in total. The third-order valence-corrected chi connectivity index (χ3v) is 4.02. The molecule has 78 valence electrons. The van der Waals surface area contributed by atoms with E-state index in [0.29, 0.717) is 4.88 Å². The zero-order valence-electron chi connectivity index (χ0n) is 7.71. The average molecular weight is 306 g/mol. The van der Waals surface area contributed by atoms with Gasteiger partial charge in [-0.15, -0.1) is 11.3 Å². The summed E-state index contributed by atoms with van der Waals surface area (Å²) in [5.41, 5.74) is 0. The quantitative estimate of drug-likeness (QED) is 0.782. The van der Waals surface area contributed by atoms with E-state index in [4.69, 9.17) is 16.3 Å². The molecule has 0 spiro atoms. The highest BCUT2D eigenvalue weighted by molar-refractivity contribution is 9.10. The van der Waals surface area contributed by atoms with E-state index < -0.39 is 5.24 Å². The lowest BCUT2D eigenvalue weighted by atomic mass is 10.2. The Bertz CT molecular complexity index is 535. The van der Waals surface area contributed by atoms with Gasteiger partial charge in [0.25, 0.3) is 5.24 Å². The molecular formula is C10H6BrClO2S. The molecule has 0 saturated heterocycles. The van der Waals surface area contributed by atoms with Crippen molar-refractivity contribution in [3.05, 3.63) is 27.5 Å². The molecule has 1 aromatic heterocycles. The van der Waals surface area contributed by atoms with Crippen molar-refractivity contribution in [3.8, 4) is 5.75 Å². The highest BCUT2D eigenvalue weighted by Gasteiger charge is 2.10. The second-order valence-corrected chi connectivity index (χ2v) is 5.19. The fourth-order valence-corrected chi connectivity index (χ4v) is 3.04. The number of halogens is 2. The van der Waals surface area contributed by atoms with Gasteiger partial charge in [0, 0.05) is 4.70 Å². The monoisotopic (exact) mass is 304 g/mol. The van der Waals surface area contributed by atoms with Crippen LogP contribution in [-0.2, 0) is 0 Å². The van der Waals surface area contributed by atoms with Crippen LogP contribution in [0.4, 0.5) is 0 Å². The van der Waals surface area contributed by atoms with Crippen LogP contribution in [0, 0.1) is 0 Å². The number of benzene rings is 1. The van der Waals surface area contributed by atoms with Crippen molar-refractivity contribution in [2.24, 2.45) is 0 Å². The van der Waals surface area contributed by atoms with Gasteiger partial charge in [0.2, 0.25) is 0 Å². The Morgan fingerprint density at radius 3 is 2.80 bits per heavy atom. The van der Waals surface area contributed by atoms with Crippen molar-refractivity contribution < 1.29 is 9.53 Å². The van der Waals surface area contributed by atoms with Crippen LogP contribution < -0.4 is 4.74 Å². The zero-order valence-corrected chi connectivity index (χ0v) is 10.9. The van der Waals surface area contributed by atoms with Crippen LogP contribution in [0.2, 0.25) is 0 Å². The number of carbonyl (C=O) groups is 1. The van der Waals surface area contributed by atoms with E-state index in [9.17, 15) is 4.79 Å². The van der Waals surface area contributed by atoms with Crippen LogP contribution in [0.5, 0.6) is 5.75 Å². The Balaban J connectivity index is 2.66. The summed E-state index contributed by atoms with van der Waals surface area (Å²) in [6, 6.07) is 5.56. The van der Waals surface area contributed by atoms with Gasteiger partial charge in [-0.1, -0.05) is 0 Å². The van der Waals surface area contributed by atoms with Gasteiger partial charge in [-0.2, -0.15) is 0 Å². The van der Waals surface area contributed by atoms with Crippen LogP contribution in [0.1, 0.15) is 9.67 Å². The van der Waals surface area contributed by atoms with Crippen LogP contribution in [0.25, 0.3) is 10.1 Å². The van der Waals surface area contributed by atoms with Gasteiger partial charge in [0.15, 0.2) is 0 Å². The predicted molar refractivity (Wildman–Crippen MR) is 66.3 cm³/mol. The van der Waals surface area contributed by atoms with E-state index in [1.165, 1.54) is 11.3 Å². The number of ether oxygens (including phenoxy) is 1. The summed E-state index contributed by atoms with van der Waals surface area (Å²) < 4.78 is 7.04. The number of hydrogen-bond acceptors (Lipinski definition) is 3. The Morgan fingerprint density at radius 1 is 1.47 bits per heavy atom. The van der Waals surface area contributed by atoms with E-state index in [1.807, 2.05) is 12.1 Å². The molecule has 1 aromatic carbocycles. The summed E-state index contributed by atoms with van der Waals surface area (Å²) in [6.07, 6.45) is 0. The molecule has 5 heteroatoms. The summed E-state index contributed by atoms with van der Waals surface area (Å²) >= 11 is 10.2. The first-order valence-electron chi connectivity index (χ1n) is 4.08. The molecule has 2 rings (SSSR count). The van der Waals surface area contributed by atoms with Crippen molar-refractivity contribution in [2.75, 3.05) is 7.11 Å². The van der Waals surface area contributed by atoms with E-state index in [1.54, 1.807) is 13.2 Å². The van der Waals surface area contributed by atoms with Gasteiger partial charge >= 0.3 is 0 Å². The van der Waals surface area contributed by atoms with Crippen molar-refractivity contribution in [1.29, 1.82) is 0 Å². The molecule has 0 aliphatic carbocycles. The van der Waals surface area contributed by atoms with Crippen LogP contribution in [0.3, 0.4) is 0 Å². The lowest BCUT2D eigenvalue weighted by molar-refractivity contribution is 0.108. The van der Waals surface area contributed by atoms with E-state index in [2.05, 4.69) is 15.9 Å². The molecule has 0 amide bonds.